The normalized spacial score (nSPS) is 11.3. The number of nitrogens with zero attached hydrogens (tertiary/aromatic N) is 2. The number of fused-ring (bicyclic) bond motifs is 1. The van der Waals surface area contributed by atoms with Crippen LogP contribution in [-0.4, -0.2) is 36.1 Å². The molecule has 126 valence electrons. The van der Waals surface area contributed by atoms with Gasteiger partial charge in [0.05, 0.1) is 10.2 Å². The molecule has 0 saturated heterocycles. The predicted molar refractivity (Wildman–Crippen MR) is 103 cm³/mol. The summed E-state index contributed by atoms with van der Waals surface area (Å²) in [6.07, 6.45) is 0. The average Bonchev–Trinajstić information content (AvgIpc) is 3.02. The summed E-state index contributed by atoms with van der Waals surface area (Å²) in [6, 6.07) is 14.0. The van der Waals surface area contributed by atoms with E-state index in [9.17, 15) is 0 Å². The molecule has 0 unspecified atom stereocenters. The summed E-state index contributed by atoms with van der Waals surface area (Å²) in [7, 11) is 0. The van der Waals surface area contributed by atoms with Gasteiger partial charge >= 0.3 is 0 Å². The highest BCUT2D eigenvalue weighted by Crippen LogP contribution is 2.32. The lowest BCUT2D eigenvalue weighted by atomic mass is 10.2. The van der Waals surface area contributed by atoms with Gasteiger partial charge in [-0.05, 0) is 43.4 Å². The van der Waals surface area contributed by atoms with Gasteiger partial charge in [0.25, 0.3) is 0 Å². The number of aromatic nitrogens is 1. The van der Waals surface area contributed by atoms with Crippen LogP contribution in [0.15, 0.2) is 42.5 Å². The summed E-state index contributed by atoms with van der Waals surface area (Å²) in [5.74, 6) is 0.886. The molecule has 0 aliphatic rings. The first kappa shape index (κ1) is 17.2. The summed E-state index contributed by atoms with van der Waals surface area (Å²) in [6.45, 7) is 8.08. The monoisotopic (exact) mass is 360 g/mol. The fourth-order valence-corrected chi connectivity index (χ4v) is 3.68. The lowest BCUT2D eigenvalue weighted by Gasteiger charge is -2.18. The molecule has 0 amide bonds. The molecule has 0 N–H and O–H groups in total. The molecule has 1 aromatic heterocycles. The second-order valence-electron chi connectivity index (χ2n) is 5.53. The zero-order valence-electron chi connectivity index (χ0n) is 14.0. The molecule has 3 rings (SSSR count). The zero-order valence-corrected chi connectivity index (χ0v) is 15.5. The Labute approximate surface area is 151 Å². The van der Waals surface area contributed by atoms with Crippen molar-refractivity contribution in [2.24, 2.45) is 0 Å². The highest BCUT2D eigenvalue weighted by atomic mass is 35.5. The van der Waals surface area contributed by atoms with E-state index in [1.807, 2.05) is 30.3 Å². The quantitative estimate of drug-likeness (QED) is 0.568. The van der Waals surface area contributed by atoms with Gasteiger partial charge < -0.3 is 9.64 Å². The fourth-order valence-electron chi connectivity index (χ4n) is 2.58. The summed E-state index contributed by atoms with van der Waals surface area (Å²) >= 11 is 7.72. The maximum atomic E-state index is 6.05. The van der Waals surface area contributed by atoms with E-state index in [-0.39, 0.29) is 0 Å². The van der Waals surface area contributed by atoms with Crippen LogP contribution in [0.3, 0.4) is 0 Å². The second kappa shape index (κ2) is 7.97. The summed E-state index contributed by atoms with van der Waals surface area (Å²) in [5, 5.41) is 1.70. The zero-order chi connectivity index (χ0) is 16.9. The number of ether oxygens (including phenoxy) is 1. The van der Waals surface area contributed by atoms with Crippen LogP contribution >= 0.6 is 22.9 Å². The average molecular weight is 361 g/mol. The van der Waals surface area contributed by atoms with Crippen molar-refractivity contribution in [1.82, 2.24) is 9.88 Å². The maximum Gasteiger partial charge on any atom is 0.124 e. The minimum atomic E-state index is 0.695. The van der Waals surface area contributed by atoms with E-state index in [1.165, 1.54) is 0 Å². The minimum absolute atomic E-state index is 0.695. The van der Waals surface area contributed by atoms with Crippen molar-refractivity contribution < 1.29 is 4.74 Å². The molecule has 0 atom stereocenters. The molecule has 1 heterocycles. The van der Waals surface area contributed by atoms with E-state index in [1.54, 1.807) is 11.3 Å². The van der Waals surface area contributed by atoms with E-state index in [0.717, 1.165) is 46.2 Å². The molecule has 0 bridgehead atoms. The Kier molecular flexibility index (Phi) is 5.72. The third-order valence-corrected chi connectivity index (χ3v) is 5.32. The topological polar surface area (TPSA) is 25.4 Å². The Morgan fingerprint density at radius 3 is 2.75 bits per heavy atom. The molecular formula is C19H21ClN2OS. The van der Waals surface area contributed by atoms with Crippen LogP contribution in [0, 0.1) is 0 Å². The van der Waals surface area contributed by atoms with Crippen molar-refractivity contribution in [1.29, 1.82) is 0 Å². The lowest BCUT2D eigenvalue weighted by molar-refractivity contribution is 0.223. The molecule has 3 nitrogen and oxygen atoms in total. The molecule has 0 fully saturated rings. The van der Waals surface area contributed by atoms with Gasteiger partial charge in [0.2, 0.25) is 0 Å². The van der Waals surface area contributed by atoms with Crippen LogP contribution in [-0.2, 0) is 0 Å². The van der Waals surface area contributed by atoms with Gasteiger partial charge in [-0.25, -0.2) is 4.98 Å². The van der Waals surface area contributed by atoms with Gasteiger partial charge in [0, 0.05) is 17.1 Å². The molecule has 5 heteroatoms. The van der Waals surface area contributed by atoms with Crippen molar-refractivity contribution in [3.63, 3.8) is 0 Å². The number of hydrogen-bond acceptors (Lipinski definition) is 4. The third kappa shape index (κ3) is 4.07. The standard InChI is InChI=1S/C19H21ClN2OS/c1-3-22(4-2)10-11-23-16-7-5-6-14(12-16)19-21-17-13-15(20)8-9-18(17)24-19/h5-9,12-13H,3-4,10-11H2,1-2H3. The van der Waals surface area contributed by atoms with Crippen molar-refractivity contribution in [3.05, 3.63) is 47.5 Å². The Hall–Kier alpha value is -1.62. The van der Waals surface area contributed by atoms with Gasteiger partial charge in [0.15, 0.2) is 0 Å². The summed E-state index contributed by atoms with van der Waals surface area (Å²) < 4.78 is 7.05. The first-order valence-corrected chi connectivity index (χ1v) is 9.40. The van der Waals surface area contributed by atoms with Crippen molar-refractivity contribution >= 4 is 33.2 Å². The Morgan fingerprint density at radius 1 is 1.12 bits per heavy atom. The lowest BCUT2D eigenvalue weighted by Crippen LogP contribution is -2.27. The molecule has 3 aromatic rings. The molecular weight excluding hydrogens is 340 g/mol. The first-order chi connectivity index (χ1) is 11.7. The number of benzene rings is 2. The summed E-state index contributed by atoms with van der Waals surface area (Å²) in [5.41, 5.74) is 2.02. The van der Waals surface area contributed by atoms with E-state index >= 15 is 0 Å². The molecule has 24 heavy (non-hydrogen) atoms. The van der Waals surface area contributed by atoms with Crippen LogP contribution in [0.4, 0.5) is 0 Å². The smallest absolute Gasteiger partial charge is 0.124 e. The van der Waals surface area contributed by atoms with Gasteiger partial charge in [0.1, 0.15) is 17.4 Å². The Bertz CT molecular complexity index is 814. The molecule has 0 aliphatic heterocycles. The number of likely N-dealkylation sites (N-methyl/N-ethyl adjacent to an activating group) is 1. The van der Waals surface area contributed by atoms with Crippen LogP contribution in [0.2, 0.25) is 5.02 Å². The predicted octanol–water partition coefficient (Wildman–Crippen LogP) is 5.34. The van der Waals surface area contributed by atoms with Crippen LogP contribution in [0.5, 0.6) is 5.75 Å². The third-order valence-electron chi connectivity index (χ3n) is 4.00. The van der Waals surface area contributed by atoms with E-state index in [0.29, 0.717) is 11.6 Å². The van der Waals surface area contributed by atoms with Crippen LogP contribution < -0.4 is 4.74 Å². The molecule has 2 aromatic carbocycles. The summed E-state index contributed by atoms with van der Waals surface area (Å²) in [4.78, 5) is 7.04. The largest absolute Gasteiger partial charge is 0.492 e. The number of thiazole rings is 1. The number of halogens is 1. The number of rotatable bonds is 7. The van der Waals surface area contributed by atoms with Crippen molar-refractivity contribution in [2.75, 3.05) is 26.2 Å². The fraction of sp³-hybridized carbons (Fsp3) is 0.316. The Morgan fingerprint density at radius 2 is 1.96 bits per heavy atom. The van der Waals surface area contributed by atoms with E-state index < -0.39 is 0 Å². The minimum Gasteiger partial charge on any atom is -0.492 e. The van der Waals surface area contributed by atoms with E-state index in [4.69, 9.17) is 21.3 Å². The van der Waals surface area contributed by atoms with Gasteiger partial charge in [-0.3, -0.25) is 0 Å². The van der Waals surface area contributed by atoms with Crippen molar-refractivity contribution in [3.8, 4) is 16.3 Å². The number of hydrogen-bond donors (Lipinski definition) is 0. The molecule has 0 saturated carbocycles. The Balaban J connectivity index is 1.74. The van der Waals surface area contributed by atoms with Crippen LogP contribution in [0.25, 0.3) is 20.8 Å². The first-order valence-electron chi connectivity index (χ1n) is 8.21. The van der Waals surface area contributed by atoms with Crippen molar-refractivity contribution in [2.45, 2.75) is 13.8 Å². The highest BCUT2D eigenvalue weighted by Gasteiger charge is 2.08. The molecule has 0 radical (unpaired) electrons. The molecule has 0 aliphatic carbocycles. The second-order valence-corrected chi connectivity index (χ2v) is 7.00. The van der Waals surface area contributed by atoms with Gasteiger partial charge in [-0.2, -0.15) is 0 Å². The van der Waals surface area contributed by atoms with Gasteiger partial charge in [-0.15, -0.1) is 11.3 Å². The van der Waals surface area contributed by atoms with Crippen LogP contribution in [0.1, 0.15) is 13.8 Å². The van der Waals surface area contributed by atoms with Gasteiger partial charge in [-0.1, -0.05) is 37.6 Å². The maximum absolute atomic E-state index is 6.05. The SMILES string of the molecule is CCN(CC)CCOc1cccc(-c2nc3cc(Cl)ccc3s2)c1. The van der Waals surface area contributed by atoms with E-state index in [2.05, 4.69) is 30.9 Å². The molecule has 0 spiro atoms. The highest BCUT2D eigenvalue weighted by molar-refractivity contribution is 7.21.